The van der Waals surface area contributed by atoms with Crippen molar-refractivity contribution in [2.24, 2.45) is 11.8 Å². The van der Waals surface area contributed by atoms with Gasteiger partial charge in [-0.3, -0.25) is 14.6 Å². The lowest BCUT2D eigenvalue weighted by molar-refractivity contribution is -0.125. The van der Waals surface area contributed by atoms with Crippen molar-refractivity contribution in [2.75, 3.05) is 23.3 Å². The molecule has 1 aromatic carbocycles. The van der Waals surface area contributed by atoms with Crippen LogP contribution >= 0.6 is 0 Å². The minimum absolute atomic E-state index is 0.0580. The third-order valence-corrected chi connectivity index (χ3v) is 5.54. The number of amides is 2. The lowest BCUT2D eigenvalue weighted by atomic mass is 10.1. The highest BCUT2D eigenvalue weighted by molar-refractivity contribution is 5.99. The van der Waals surface area contributed by atoms with Gasteiger partial charge in [-0.15, -0.1) is 0 Å². The van der Waals surface area contributed by atoms with Crippen LogP contribution < -0.4 is 15.5 Å². The Hall–Kier alpha value is -2.89. The molecule has 0 radical (unpaired) electrons. The summed E-state index contributed by atoms with van der Waals surface area (Å²) >= 11 is 0. The highest BCUT2D eigenvalue weighted by atomic mass is 16.2. The molecule has 28 heavy (non-hydrogen) atoms. The van der Waals surface area contributed by atoms with Crippen molar-refractivity contribution in [3.05, 3.63) is 54.4 Å². The Kier molecular flexibility index (Phi) is 5.55. The van der Waals surface area contributed by atoms with Gasteiger partial charge in [0, 0.05) is 43.4 Å². The van der Waals surface area contributed by atoms with Crippen molar-refractivity contribution in [2.45, 2.75) is 32.2 Å². The van der Waals surface area contributed by atoms with Crippen molar-refractivity contribution >= 4 is 23.2 Å². The summed E-state index contributed by atoms with van der Waals surface area (Å²) in [7, 11) is 0. The molecule has 2 amide bonds. The van der Waals surface area contributed by atoms with E-state index in [1.807, 2.05) is 24.3 Å². The maximum Gasteiger partial charge on any atom is 0.228 e. The second-order valence-electron chi connectivity index (χ2n) is 7.61. The van der Waals surface area contributed by atoms with E-state index in [1.54, 1.807) is 12.4 Å². The molecule has 2 unspecified atom stereocenters. The molecule has 1 saturated heterocycles. The Labute approximate surface area is 165 Å². The maximum absolute atomic E-state index is 12.4. The molecule has 2 aromatic rings. The molecule has 2 fully saturated rings. The Morgan fingerprint density at radius 3 is 2.32 bits per heavy atom. The van der Waals surface area contributed by atoms with Gasteiger partial charge in [-0.2, -0.15) is 0 Å². The number of rotatable bonds is 6. The number of pyridine rings is 1. The van der Waals surface area contributed by atoms with E-state index in [9.17, 15) is 9.59 Å². The average Bonchev–Trinajstić information content (AvgIpc) is 3.55. The van der Waals surface area contributed by atoms with Gasteiger partial charge in [0.05, 0.1) is 11.8 Å². The highest BCUT2D eigenvalue weighted by Crippen LogP contribution is 2.39. The fourth-order valence-corrected chi connectivity index (χ4v) is 3.74. The number of hydrogen-bond acceptors (Lipinski definition) is 4. The molecule has 2 N–H and O–H groups in total. The van der Waals surface area contributed by atoms with Crippen LogP contribution in [0.1, 0.15) is 31.2 Å². The fraction of sp³-hybridized carbons (Fsp3) is 0.409. The van der Waals surface area contributed by atoms with Gasteiger partial charge in [0.2, 0.25) is 11.8 Å². The Balaban J connectivity index is 1.25. The quantitative estimate of drug-likeness (QED) is 0.810. The molecule has 1 aromatic heterocycles. The average molecular weight is 378 g/mol. The lowest BCUT2D eigenvalue weighted by Crippen LogP contribution is -2.29. The summed E-state index contributed by atoms with van der Waals surface area (Å²) in [5.41, 5.74) is 2.99. The zero-order valence-electron chi connectivity index (χ0n) is 15.9. The number of nitrogens with zero attached hydrogens (tertiary/aromatic N) is 2. The van der Waals surface area contributed by atoms with E-state index in [4.69, 9.17) is 0 Å². The van der Waals surface area contributed by atoms with Gasteiger partial charge in [-0.05, 0) is 67.6 Å². The first-order valence-electron chi connectivity index (χ1n) is 10.0. The van der Waals surface area contributed by atoms with Gasteiger partial charge in [-0.25, -0.2) is 0 Å². The third kappa shape index (κ3) is 4.50. The molecule has 2 atom stereocenters. The van der Waals surface area contributed by atoms with Crippen LogP contribution in [0.25, 0.3) is 0 Å². The Morgan fingerprint density at radius 2 is 1.61 bits per heavy atom. The number of benzene rings is 1. The van der Waals surface area contributed by atoms with Crippen LogP contribution in [0.4, 0.5) is 11.4 Å². The monoisotopic (exact) mass is 378 g/mol. The molecule has 2 aliphatic rings. The van der Waals surface area contributed by atoms with Crippen LogP contribution in [0.3, 0.4) is 0 Å². The van der Waals surface area contributed by atoms with Crippen LogP contribution in [0.15, 0.2) is 48.8 Å². The molecule has 6 heteroatoms. The maximum atomic E-state index is 12.4. The first kappa shape index (κ1) is 18.5. The van der Waals surface area contributed by atoms with Crippen molar-refractivity contribution < 1.29 is 9.59 Å². The molecule has 2 heterocycles. The number of aromatic nitrogens is 1. The van der Waals surface area contributed by atoms with Gasteiger partial charge < -0.3 is 15.5 Å². The van der Waals surface area contributed by atoms with E-state index in [1.165, 1.54) is 24.9 Å². The van der Waals surface area contributed by atoms with Crippen molar-refractivity contribution in [3.63, 3.8) is 0 Å². The molecular formula is C22H26N4O2. The second kappa shape index (κ2) is 8.42. The molecule has 4 rings (SSSR count). The van der Waals surface area contributed by atoms with Gasteiger partial charge >= 0.3 is 0 Å². The van der Waals surface area contributed by atoms with E-state index in [-0.39, 0.29) is 23.7 Å². The van der Waals surface area contributed by atoms with Crippen molar-refractivity contribution in [1.82, 2.24) is 10.3 Å². The number of anilines is 2. The van der Waals surface area contributed by atoms with E-state index >= 15 is 0 Å². The standard InChI is InChI=1S/C22H26N4O2/c27-21(24-15-16-8-10-23-11-9-16)19-14-20(19)22(28)25-17-4-6-18(7-5-17)26-12-2-1-3-13-26/h4-11,19-20H,1-3,12-15H2,(H,24,27)(H,25,28). The third-order valence-electron chi connectivity index (χ3n) is 5.54. The van der Waals surface area contributed by atoms with E-state index < -0.39 is 0 Å². The highest BCUT2D eigenvalue weighted by Gasteiger charge is 2.47. The summed E-state index contributed by atoms with van der Waals surface area (Å²) in [5, 5.41) is 5.85. The molecule has 6 nitrogen and oxygen atoms in total. The number of carbonyl (C=O) groups excluding carboxylic acids is 2. The van der Waals surface area contributed by atoms with Crippen LogP contribution in [0.5, 0.6) is 0 Å². The summed E-state index contributed by atoms with van der Waals surface area (Å²) in [6.45, 7) is 2.66. The predicted molar refractivity (Wildman–Crippen MR) is 109 cm³/mol. The van der Waals surface area contributed by atoms with Gasteiger partial charge in [0.15, 0.2) is 0 Å². The largest absolute Gasteiger partial charge is 0.372 e. The van der Waals surface area contributed by atoms with E-state index in [0.717, 1.165) is 24.3 Å². The lowest BCUT2D eigenvalue weighted by Gasteiger charge is -2.28. The molecular weight excluding hydrogens is 352 g/mol. The minimum Gasteiger partial charge on any atom is -0.372 e. The zero-order valence-corrected chi connectivity index (χ0v) is 15.9. The van der Waals surface area contributed by atoms with Crippen LogP contribution in [0.2, 0.25) is 0 Å². The molecule has 1 aliphatic heterocycles. The molecule has 1 aliphatic carbocycles. The van der Waals surface area contributed by atoms with Crippen LogP contribution in [0, 0.1) is 11.8 Å². The smallest absolute Gasteiger partial charge is 0.228 e. The topological polar surface area (TPSA) is 74.3 Å². The van der Waals surface area contributed by atoms with E-state index in [0.29, 0.717) is 13.0 Å². The Morgan fingerprint density at radius 1 is 0.929 bits per heavy atom. The summed E-state index contributed by atoms with van der Waals surface area (Å²) in [6, 6.07) is 11.8. The number of piperidine rings is 1. The Bertz CT molecular complexity index is 816. The first-order valence-corrected chi connectivity index (χ1v) is 10.0. The van der Waals surface area contributed by atoms with Gasteiger partial charge in [0.25, 0.3) is 0 Å². The molecule has 146 valence electrons. The summed E-state index contributed by atoms with van der Waals surface area (Å²) in [4.78, 5) is 31.0. The summed E-state index contributed by atoms with van der Waals surface area (Å²) in [5.74, 6) is -0.596. The zero-order chi connectivity index (χ0) is 19.3. The summed E-state index contributed by atoms with van der Waals surface area (Å²) in [6.07, 6.45) is 7.80. The van der Waals surface area contributed by atoms with Crippen molar-refractivity contribution in [3.8, 4) is 0 Å². The van der Waals surface area contributed by atoms with Gasteiger partial charge in [0.1, 0.15) is 0 Å². The minimum atomic E-state index is -0.237. The SMILES string of the molecule is O=C(NCc1ccncc1)C1CC1C(=O)Nc1ccc(N2CCCCC2)cc1. The first-order chi connectivity index (χ1) is 13.7. The normalized spacial score (nSPS) is 21.1. The van der Waals surface area contributed by atoms with Crippen molar-refractivity contribution in [1.29, 1.82) is 0 Å². The number of carbonyl (C=O) groups is 2. The van der Waals surface area contributed by atoms with Gasteiger partial charge in [-0.1, -0.05) is 0 Å². The molecule has 0 spiro atoms. The summed E-state index contributed by atoms with van der Waals surface area (Å²) < 4.78 is 0. The van der Waals surface area contributed by atoms with Crippen LogP contribution in [-0.4, -0.2) is 29.9 Å². The fourth-order valence-electron chi connectivity index (χ4n) is 3.74. The predicted octanol–water partition coefficient (Wildman–Crippen LogP) is 2.96. The molecule has 1 saturated carbocycles. The number of nitrogens with one attached hydrogen (secondary N) is 2. The molecule has 0 bridgehead atoms. The second-order valence-corrected chi connectivity index (χ2v) is 7.61. The number of hydrogen-bond donors (Lipinski definition) is 2. The van der Waals surface area contributed by atoms with E-state index in [2.05, 4.69) is 32.7 Å². The van der Waals surface area contributed by atoms with Crippen LogP contribution in [-0.2, 0) is 16.1 Å².